The van der Waals surface area contributed by atoms with Crippen molar-refractivity contribution in [3.8, 4) is 0 Å². The summed E-state index contributed by atoms with van der Waals surface area (Å²) in [6.07, 6.45) is 9.61. The van der Waals surface area contributed by atoms with Crippen LogP contribution < -0.4 is 10.6 Å². The molecule has 0 spiro atoms. The van der Waals surface area contributed by atoms with Crippen molar-refractivity contribution < 1.29 is 4.74 Å². The van der Waals surface area contributed by atoms with Crippen LogP contribution in [-0.4, -0.2) is 66.5 Å². The molecular weight excluding hydrogens is 376 g/mol. The predicted octanol–water partition coefficient (Wildman–Crippen LogP) is 3.20. The molecule has 1 aliphatic heterocycles. The predicted molar refractivity (Wildman–Crippen MR) is 122 cm³/mol. The van der Waals surface area contributed by atoms with E-state index in [-0.39, 0.29) is 0 Å². The summed E-state index contributed by atoms with van der Waals surface area (Å²) in [5, 5.41) is 15.6. The molecule has 7 heteroatoms. The third-order valence-corrected chi connectivity index (χ3v) is 6.43. The van der Waals surface area contributed by atoms with Crippen LogP contribution >= 0.6 is 0 Å². The molecule has 30 heavy (non-hydrogen) atoms. The standard InChI is InChI=1S/C23H32N6O/c1-16-20(17(13-24)14-25-2)7-8-21-22(16)23(27-15-26-21)28-18-3-5-19(6-4-18)29-9-11-30-12-10-29/h7-8,13-15,18-19,24-25H,3-6,9-12H2,1-2H3,(H,26,27,28)/b17-14+,24-13?/t18-,19-. The monoisotopic (exact) mass is 408 g/mol. The van der Waals surface area contributed by atoms with Gasteiger partial charge in [-0.2, -0.15) is 0 Å². The summed E-state index contributed by atoms with van der Waals surface area (Å²) in [6.45, 7) is 5.96. The Morgan fingerprint density at radius 1 is 1.17 bits per heavy atom. The Bertz CT molecular complexity index is 913. The first-order valence-electron chi connectivity index (χ1n) is 10.9. The van der Waals surface area contributed by atoms with Gasteiger partial charge in [0, 0.05) is 55.6 Å². The highest BCUT2D eigenvalue weighted by atomic mass is 16.5. The van der Waals surface area contributed by atoms with Gasteiger partial charge in [0.1, 0.15) is 12.1 Å². The minimum Gasteiger partial charge on any atom is -0.393 e. The second-order valence-electron chi connectivity index (χ2n) is 8.19. The maximum atomic E-state index is 7.78. The van der Waals surface area contributed by atoms with E-state index < -0.39 is 0 Å². The summed E-state index contributed by atoms with van der Waals surface area (Å²) in [5.41, 5.74) is 3.91. The van der Waals surface area contributed by atoms with Gasteiger partial charge in [0.2, 0.25) is 0 Å². The van der Waals surface area contributed by atoms with Crippen molar-refractivity contribution in [1.29, 1.82) is 5.41 Å². The first-order chi connectivity index (χ1) is 14.7. The highest BCUT2D eigenvalue weighted by Gasteiger charge is 2.27. The fourth-order valence-electron chi connectivity index (χ4n) is 4.81. The maximum absolute atomic E-state index is 7.78. The lowest BCUT2D eigenvalue weighted by molar-refractivity contribution is 0.00791. The number of nitrogens with one attached hydrogen (secondary N) is 3. The van der Waals surface area contributed by atoms with E-state index in [1.54, 1.807) is 6.33 Å². The van der Waals surface area contributed by atoms with Crippen LogP contribution in [0.3, 0.4) is 0 Å². The molecule has 160 valence electrons. The zero-order valence-corrected chi connectivity index (χ0v) is 17.9. The average molecular weight is 409 g/mol. The number of aryl methyl sites for hydroxylation is 1. The number of morpholine rings is 1. The maximum Gasteiger partial charge on any atom is 0.137 e. The largest absolute Gasteiger partial charge is 0.393 e. The highest BCUT2D eigenvalue weighted by Crippen LogP contribution is 2.32. The Morgan fingerprint density at radius 3 is 2.63 bits per heavy atom. The highest BCUT2D eigenvalue weighted by molar-refractivity contribution is 6.11. The smallest absolute Gasteiger partial charge is 0.137 e. The number of aromatic nitrogens is 2. The molecule has 0 atom stereocenters. The fourth-order valence-corrected chi connectivity index (χ4v) is 4.81. The van der Waals surface area contributed by atoms with E-state index in [4.69, 9.17) is 10.1 Å². The Hall–Kier alpha value is -2.51. The van der Waals surface area contributed by atoms with Crippen LogP contribution in [0.5, 0.6) is 0 Å². The van der Waals surface area contributed by atoms with E-state index in [9.17, 15) is 0 Å². The molecule has 3 N–H and O–H groups in total. The average Bonchev–Trinajstić information content (AvgIpc) is 2.79. The second-order valence-corrected chi connectivity index (χ2v) is 8.19. The van der Waals surface area contributed by atoms with Crippen LogP contribution in [0.2, 0.25) is 0 Å². The van der Waals surface area contributed by atoms with E-state index in [1.165, 1.54) is 19.1 Å². The van der Waals surface area contributed by atoms with Gasteiger partial charge in [-0.3, -0.25) is 4.90 Å². The van der Waals surface area contributed by atoms with Gasteiger partial charge >= 0.3 is 0 Å². The third-order valence-electron chi connectivity index (χ3n) is 6.43. The summed E-state index contributed by atoms with van der Waals surface area (Å²) in [4.78, 5) is 11.7. The summed E-state index contributed by atoms with van der Waals surface area (Å²) in [5.74, 6) is 0.906. The number of benzene rings is 1. The molecule has 2 aliphatic rings. The minimum atomic E-state index is 0.429. The van der Waals surface area contributed by atoms with Gasteiger partial charge < -0.3 is 20.8 Å². The topological polar surface area (TPSA) is 86.2 Å². The van der Waals surface area contributed by atoms with Gasteiger partial charge in [-0.1, -0.05) is 6.07 Å². The Balaban J connectivity index is 1.53. The second kappa shape index (κ2) is 9.53. The number of ether oxygens (including phenoxy) is 1. The lowest BCUT2D eigenvalue weighted by Crippen LogP contribution is -2.46. The van der Waals surface area contributed by atoms with Crippen LogP contribution in [0.4, 0.5) is 5.82 Å². The van der Waals surface area contributed by atoms with E-state index >= 15 is 0 Å². The summed E-state index contributed by atoms with van der Waals surface area (Å²) in [6, 6.07) is 5.17. The van der Waals surface area contributed by atoms with Gasteiger partial charge in [-0.25, -0.2) is 9.97 Å². The van der Waals surface area contributed by atoms with Gasteiger partial charge in [0.15, 0.2) is 0 Å². The number of allylic oxidation sites excluding steroid dienone is 1. The molecular formula is C23H32N6O. The molecule has 2 heterocycles. The molecule has 0 unspecified atom stereocenters. The number of fused-ring (bicyclic) bond motifs is 1. The van der Waals surface area contributed by atoms with Crippen LogP contribution in [-0.2, 0) is 4.74 Å². The first kappa shape index (κ1) is 20.8. The van der Waals surface area contributed by atoms with Gasteiger partial charge in [0.25, 0.3) is 0 Å². The summed E-state index contributed by atoms with van der Waals surface area (Å²) in [7, 11) is 1.85. The molecule has 1 saturated carbocycles. The number of anilines is 1. The van der Waals surface area contributed by atoms with Crippen molar-refractivity contribution in [2.24, 2.45) is 0 Å². The Labute approximate surface area is 178 Å². The number of nitrogens with zero attached hydrogens (tertiary/aromatic N) is 3. The van der Waals surface area contributed by atoms with E-state index in [0.29, 0.717) is 12.1 Å². The molecule has 7 nitrogen and oxygen atoms in total. The van der Waals surface area contributed by atoms with Crippen LogP contribution in [0.15, 0.2) is 24.7 Å². The first-order valence-corrected chi connectivity index (χ1v) is 10.9. The van der Waals surface area contributed by atoms with Crippen molar-refractivity contribution in [2.45, 2.75) is 44.7 Å². The normalized spacial score (nSPS) is 23.3. The van der Waals surface area contributed by atoms with Crippen molar-refractivity contribution in [3.63, 3.8) is 0 Å². The lowest BCUT2D eigenvalue weighted by atomic mass is 9.89. The summed E-state index contributed by atoms with van der Waals surface area (Å²) >= 11 is 0. The van der Waals surface area contributed by atoms with Crippen LogP contribution in [0.25, 0.3) is 16.5 Å². The van der Waals surface area contributed by atoms with Gasteiger partial charge in [0.05, 0.1) is 18.7 Å². The number of hydrogen-bond donors (Lipinski definition) is 3. The molecule has 0 bridgehead atoms. The minimum absolute atomic E-state index is 0.429. The van der Waals surface area contributed by atoms with E-state index in [2.05, 4.69) is 32.4 Å². The molecule has 1 saturated heterocycles. The Morgan fingerprint density at radius 2 is 1.93 bits per heavy atom. The van der Waals surface area contributed by atoms with Crippen LogP contribution in [0.1, 0.15) is 36.8 Å². The van der Waals surface area contributed by atoms with Crippen molar-refractivity contribution >= 4 is 28.5 Å². The van der Waals surface area contributed by atoms with Gasteiger partial charge in [-0.15, -0.1) is 0 Å². The fraction of sp³-hybridized carbons (Fsp3) is 0.522. The number of hydrogen-bond acceptors (Lipinski definition) is 7. The van der Waals surface area contributed by atoms with Crippen molar-refractivity contribution in [3.05, 3.63) is 35.8 Å². The number of rotatable bonds is 6. The van der Waals surface area contributed by atoms with E-state index in [0.717, 1.165) is 72.6 Å². The van der Waals surface area contributed by atoms with Crippen molar-refractivity contribution in [1.82, 2.24) is 20.2 Å². The molecule has 2 aromatic rings. The van der Waals surface area contributed by atoms with Gasteiger partial charge in [-0.05, 0) is 49.8 Å². The molecule has 1 aromatic carbocycles. The third kappa shape index (κ3) is 4.32. The molecule has 2 fully saturated rings. The van der Waals surface area contributed by atoms with Crippen molar-refractivity contribution in [2.75, 3.05) is 38.7 Å². The Kier molecular flexibility index (Phi) is 6.59. The lowest BCUT2D eigenvalue weighted by Gasteiger charge is -2.39. The quantitative estimate of drug-likeness (QED) is 0.637. The molecule has 4 rings (SSSR count). The van der Waals surface area contributed by atoms with Crippen LogP contribution in [0, 0.1) is 12.3 Å². The SMILES string of the molecule is CN/C=C(\C=N)c1ccc2ncnc(N[C@H]3CC[C@H](N4CCOCC4)CC3)c2c1C. The summed E-state index contributed by atoms with van der Waals surface area (Å²) < 4.78 is 5.50. The molecule has 1 aromatic heterocycles. The molecule has 1 aliphatic carbocycles. The zero-order valence-electron chi connectivity index (χ0n) is 17.9. The molecule has 0 radical (unpaired) electrons. The van der Waals surface area contributed by atoms with E-state index in [1.807, 2.05) is 25.4 Å². The molecule has 0 amide bonds. The zero-order chi connectivity index (χ0) is 20.9.